The second-order valence-corrected chi connectivity index (χ2v) is 15.2. The first-order chi connectivity index (χ1) is 30.3. The Morgan fingerprint density at radius 2 is 1.13 bits per heavy atom. The standard InChI is InChI=1S/C42H42N10O11/c1-45-29-19-34(62-5)32(60-3)17-27(29)43-25(37(45)54)11-13-47-39(56)49-15-10-24-31(51(49)41(47)58)21-50-40(57)48(42(59)52(50)36(24)22-8-7-9-23(53)16-22)14-12-26-38(55)46(2)30-20-35(63-6)33(61-4)18-28(30)44-26/h7-10,16-20,31,36,53H,11-15,21H2,1-6H3. The third-order valence-corrected chi connectivity index (χ3v) is 12.0. The highest BCUT2D eigenvalue weighted by Gasteiger charge is 2.41. The Kier molecular flexibility index (Phi) is 9.82. The maximum atomic E-state index is 14.4. The molecule has 0 amide bonds. The fourth-order valence-corrected chi connectivity index (χ4v) is 8.81. The molecule has 1 N–H and O–H groups in total. The quantitative estimate of drug-likeness (QED) is 0.175. The van der Waals surface area contributed by atoms with E-state index >= 15 is 0 Å². The Hall–Kier alpha value is -7.84. The van der Waals surface area contributed by atoms with E-state index in [2.05, 4.69) is 9.97 Å². The molecule has 6 heterocycles. The Morgan fingerprint density at radius 3 is 1.63 bits per heavy atom. The lowest BCUT2D eigenvalue weighted by Gasteiger charge is -2.37. The summed E-state index contributed by atoms with van der Waals surface area (Å²) in [5, 5.41) is 10.6. The molecule has 0 aliphatic carbocycles. The summed E-state index contributed by atoms with van der Waals surface area (Å²) in [5.74, 6) is 1.55. The lowest BCUT2D eigenvalue weighted by atomic mass is 9.90. The van der Waals surface area contributed by atoms with Crippen molar-refractivity contribution in [1.82, 2.24) is 47.0 Å². The summed E-state index contributed by atoms with van der Waals surface area (Å²) in [6, 6.07) is 10.9. The van der Waals surface area contributed by atoms with Crippen molar-refractivity contribution in [2.24, 2.45) is 14.1 Å². The zero-order valence-corrected chi connectivity index (χ0v) is 35.1. The Morgan fingerprint density at radius 1 is 0.635 bits per heavy atom. The van der Waals surface area contributed by atoms with Gasteiger partial charge in [0.2, 0.25) is 0 Å². The molecule has 3 aromatic carbocycles. The number of methoxy groups -OCH3 is 4. The second-order valence-electron chi connectivity index (χ2n) is 15.2. The van der Waals surface area contributed by atoms with E-state index < -0.39 is 46.0 Å². The number of rotatable bonds is 11. The predicted molar refractivity (Wildman–Crippen MR) is 227 cm³/mol. The first-order valence-electron chi connectivity index (χ1n) is 19.9. The van der Waals surface area contributed by atoms with E-state index in [1.165, 1.54) is 68.4 Å². The van der Waals surface area contributed by atoms with Gasteiger partial charge in [0.25, 0.3) is 11.1 Å². The van der Waals surface area contributed by atoms with Crippen molar-refractivity contribution in [2.75, 3.05) is 28.4 Å². The van der Waals surface area contributed by atoms with E-state index in [4.69, 9.17) is 18.9 Å². The van der Waals surface area contributed by atoms with Gasteiger partial charge in [-0.1, -0.05) is 18.2 Å². The van der Waals surface area contributed by atoms with Crippen molar-refractivity contribution < 1.29 is 24.1 Å². The van der Waals surface area contributed by atoms with Crippen molar-refractivity contribution in [2.45, 2.75) is 51.1 Å². The Bertz CT molecular complexity index is 3450. The van der Waals surface area contributed by atoms with Gasteiger partial charge in [0.05, 0.1) is 69.6 Å². The van der Waals surface area contributed by atoms with Crippen LogP contribution in [-0.4, -0.2) is 80.5 Å². The van der Waals surface area contributed by atoms with Gasteiger partial charge in [-0.3, -0.25) is 9.59 Å². The molecule has 0 saturated carbocycles. The monoisotopic (exact) mass is 862 g/mol. The molecule has 9 rings (SSSR count). The number of benzene rings is 3. The van der Waals surface area contributed by atoms with E-state index in [9.17, 15) is 33.9 Å². The molecule has 0 fully saturated rings. The number of ether oxygens (including phenoxy) is 4. The van der Waals surface area contributed by atoms with Gasteiger partial charge in [0.15, 0.2) is 23.0 Å². The summed E-state index contributed by atoms with van der Waals surface area (Å²) in [6.45, 7) is -0.659. The molecule has 21 nitrogen and oxygen atoms in total. The van der Waals surface area contributed by atoms with Gasteiger partial charge in [0.1, 0.15) is 23.2 Å². The molecule has 2 aliphatic heterocycles. The Balaban J connectivity index is 1.09. The van der Waals surface area contributed by atoms with Crippen molar-refractivity contribution >= 4 is 22.1 Å². The minimum absolute atomic E-state index is 0.0485. The average Bonchev–Trinajstić information content (AvgIpc) is 3.68. The van der Waals surface area contributed by atoms with Gasteiger partial charge >= 0.3 is 22.8 Å². The number of hydrogen-bond donors (Lipinski definition) is 1. The predicted octanol–water partition coefficient (Wildman–Crippen LogP) is 0.440. The number of aromatic hydroxyl groups is 1. The van der Waals surface area contributed by atoms with Crippen LogP contribution in [0, 0.1) is 0 Å². The molecule has 326 valence electrons. The van der Waals surface area contributed by atoms with Crippen molar-refractivity contribution in [3.05, 3.63) is 140 Å². The molecule has 21 heteroatoms. The number of aryl methyl sites for hydroxylation is 4. The fourth-order valence-electron chi connectivity index (χ4n) is 8.81. The maximum absolute atomic E-state index is 14.4. The van der Waals surface area contributed by atoms with E-state index in [1.54, 1.807) is 56.6 Å². The smallest absolute Gasteiger partial charge is 0.348 e. The minimum Gasteiger partial charge on any atom is -0.508 e. The number of phenolic OH excluding ortho intramolecular Hbond substituents is 1. The molecule has 2 aliphatic rings. The molecule has 0 spiro atoms. The highest BCUT2D eigenvalue weighted by molar-refractivity contribution is 5.80. The zero-order chi connectivity index (χ0) is 44.6. The van der Waals surface area contributed by atoms with Crippen LogP contribution in [0.4, 0.5) is 0 Å². The van der Waals surface area contributed by atoms with Gasteiger partial charge in [-0.05, 0) is 23.3 Å². The summed E-state index contributed by atoms with van der Waals surface area (Å²) >= 11 is 0. The van der Waals surface area contributed by atoms with Gasteiger partial charge in [0, 0.05) is 64.3 Å². The van der Waals surface area contributed by atoms with Gasteiger partial charge in [-0.15, -0.1) is 0 Å². The lowest BCUT2D eigenvalue weighted by molar-refractivity contribution is 0.245. The van der Waals surface area contributed by atoms with E-state index in [-0.39, 0.29) is 56.2 Å². The van der Waals surface area contributed by atoms with Crippen LogP contribution in [0.1, 0.15) is 29.0 Å². The van der Waals surface area contributed by atoms with Crippen LogP contribution in [0.3, 0.4) is 0 Å². The maximum Gasteiger partial charge on any atom is 0.348 e. The van der Waals surface area contributed by atoms with Gasteiger partial charge < -0.3 is 33.2 Å². The number of allylic oxidation sites excluding steroid dienone is 2. The summed E-state index contributed by atoms with van der Waals surface area (Å²) in [4.78, 5) is 93.3. The minimum atomic E-state index is -0.981. The fraction of sp³-hybridized carbons (Fsp3) is 0.333. The molecule has 0 radical (unpaired) electrons. The van der Waals surface area contributed by atoms with Crippen molar-refractivity contribution in [3.8, 4) is 28.7 Å². The second kappa shape index (κ2) is 15.3. The normalized spacial score (nSPS) is 15.5. The number of hydrogen-bond acceptors (Lipinski definition) is 13. The molecule has 63 heavy (non-hydrogen) atoms. The Labute approximate surface area is 354 Å². The topological polar surface area (TPSA) is 225 Å². The summed E-state index contributed by atoms with van der Waals surface area (Å²) in [5.41, 5.74) is -0.504. The molecular formula is C42H42N10O11. The average molecular weight is 863 g/mol. The number of phenols is 1. The van der Waals surface area contributed by atoms with Crippen LogP contribution < -0.4 is 52.8 Å². The third kappa shape index (κ3) is 6.28. The van der Waals surface area contributed by atoms with E-state index in [0.717, 1.165) is 9.13 Å². The van der Waals surface area contributed by atoms with Gasteiger partial charge in [-0.2, -0.15) is 0 Å². The summed E-state index contributed by atoms with van der Waals surface area (Å²) in [6.07, 6.45) is 1.60. The number of aromatic nitrogens is 10. The molecular weight excluding hydrogens is 821 g/mol. The third-order valence-electron chi connectivity index (χ3n) is 12.0. The van der Waals surface area contributed by atoms with E-state index in [0.29, 0.717) is 56.2 Å². The van der Waals surface area contributed by atoms with Crippen LogP contribution in [0.25, 0.3) is 22.1 Å². The highest BCUT2D eigenvalue weighted by atomic mass is 16.5. The van der Waals surface area contributed by atoms with Crippen LogP contribution in [0.5, 0.6) is 28.7 Å². The summed E-state index contributed by atoms with van der Waals surface area (Å²) in [7, 11) is 9.10. The molecule has 2 atom stereocenters. The first-order valence-corrected chi connectivity index (χ1v) is 19.9. The number of fused-ring (bicyclic) bond motifs is 6. The number of nitrogens with zero attached hydrogens (tertiary/aromatic N) is 10. The molecule has 0 bridgehead atoms. The lowest BCUT2D eigenvalue weighted by Crippen LogP contribution is -2.47. The van der Waals surface area contributed by atoms with Crippen LogP contribution in [0.2, 0.25) is 0 Å². The molecule has 4 aromatic heterocycles. The van der Waals surface area contributed by atoms with Crippen LogP contribution >= 0.6 is 0 Å². The largest absolute Gasteiger partial charge is 0.508 e. The highest BCUT2D eigenvalue weighted by Crippen LogP contribution is 2.39. The first kappa shape index (κ1) is 40.6. The van der Waals surface area contributed by atoms with Crippen LogP contribution in [0.15, 0.2) is 88.9 Å². The van der Waals surface area contributed by atoms with E-state index in [1.807, 2.05) is 0 Å². The molecule has 2 unspecified atom stereocenters. The summed E-state index contributed by atoms with van der Waals surface area (Å²) < 4.78 is 31.5. The molecule has 0 saturated heterocycles. The molecule has 7 aromatic rings. The van der Waals surface area contributed by atoms with Crippen LogP contribution in [-0.2, 0) is 53.1 Å². The van der Waals surface area contributed by atoms with Crippen molar-refractivity contribution in [1.29, 1.82) is 0 Å². The van der Waals surface area contributed by atoms with Gasteiger partial charge in [-0.25, -0.2) is 57.0 Å². The SMILES string of the molecule is COc1cc2nc(CCn3c(=O)n4n(c3=O)C3Cn5c(=O)n(CCc6nc7cc(OC)c(OC)cc7n(C)c6=O)c(=O)n5C(c5cccc(O)c5)C3=CC4)c(=O)n(C)c2cc1OC. The van der Waals surface area contributed by atoms with Crippen molar-refractivity contribution in [3.63, 3.8) is 0 Å². The zero-order valence-electron chi connectivity index (χ0n) is 35.1.